The Kier molecular flexibility index (Phi) is 1.17. The van der Waals surface area contributed by atoms with Gasteiger partial charge in [-0.2, -0.15) is 0 Å². The van der Waals surface area contributed by atoms with Crippen LogP contribution in [0.25, 0.3) is 0 Å². The summed E-state index contributed by atoms with van der Waals surface area (Å²) in [7, 11) is -4.38. The van der Waals surface area contributed by atoms with E-state index in [0.29, 0.717) is 0 Å². The summed E-state index contributed by atoms with van der Waals surface area (Å²) in [6.45, 7) is 0. The van der Waals surface area contributed by atoms with Crippen LogP contribution < -0.4 is 0 Å². The Morgan fingerprint density at radius 3 is 1.83 bits per heavy atom. The zero-order valence-corrected chi connectivity index (χ0v) is 3.53. The molecule has 0 rings (SSSR count). The molecule has 0 fully saturated rings. The van der Waals surface area contributed by atoms with Crippen LogP contribution in [0.4, 0.5) is 0 Å². The lowest BCUT2D eigenvalue weighted by Crippen LogP contribution is -1.88. The number of hydrogen-bond donors (Lipinski definition) is 0. The first-order valence-electron chi connectivity index (χ1n) is 0.993. The van der Waals surface area contributed by atoms with E-state index in [2.05, 4.69) is 6.42 Å². The minimum Gasteiger partial charge on any atom is -0.738 e. The monoisotopic (exact) mass is 105 g/mol. The van der Waals surface area contributed by atoms with E-state index in [0.717, 1.165) is 5.25 Å². The third kappa shape index (κ3) is 3.47. The fourth-order valence-corrected chi connectivity index (χ4v) is 0. The molecule has 0 atom stereocenters. The van der Waals surface area contributed by atoms with Crippen molar-refractivity contribution in [3.63, 3.8) is 0 Å². The number of rotatable bonds is 0. The Morgan fingerprint density at radius 2 is 1.83 bits per heavy atom. The molecular weight excluding hydrogens is 104 g/mol. The van der Waals surface area contributed by atoms with Crippen molar-refractivity contribution >= 4 is 10.1 Å². The van der Waals surface area contributed by atoms with Crippen molar-refractivity contribution in [2.75, 3.05) is 0 Å². The van der Waals surface area contributed by atoms with Crippen LogP contribution >= 0.6 is 0 Å². The molecule has 0 aliphatic rings. The van der Waals surface area contributed by atoms with Crippen molar-refractivity contribution in [1.82, 2.24) is 0 Å². The number of terminal acetylenes is 1. The fraction of sp³-hybridized carbons (Fsp3) is 0. The summed E-state index contributed by atoms with van der Waals surface area (Å²) < 4.78 is 27.6. The maximum absolute atomic E-state index is 9.21. The second-order valence-electron chi connectivity index (χ2n) is 0.572. The van der Waals surface area contributed by atoms with Crippen LogP contribution in [0.15, 0.2) is 0 Å². The van der Waals surface area contributed by atoms with Gasteiger partial charge < -0.3 is 4.55 Å². The second-order valence-corrected chi connectivity index (χ2v) is 1.72. The summed E-state index contributed by atoms with van der Waals surface area (Å²) in [5.41, 5.74) is 0. The molecule has 0 saturated carbocycles. The minimum absolute atomic E-state index is 1.02. The molecule has 0 amide bonds. The summed E-state index contributed by atoms with van der Waals surface area (Å²) in [5, 5.41) is 1.02. The van der Waals surface area contributed by atoms with Gasteiger partial charge in [0.1, 0.15) is 0 Å². The zero-order chi connectivity index (χ0) is 5.21. The Balaban J connectivity index is 4.41. The maximum Gasteiger partial charge on any atom is 0.164 e. The van der Waals surface area contributed by atoms with Gasteiger partial charge in [0.2, 0.25) is 0 Å². The Hall–Kier alpha value is -0.530. The van der Waals surface area contributed by atoms with E-state index in [1.165, 1.54) is 0 Å². The molecule has 0 aliphatic heterocycles. The lowest BCUT2D eigenvalue weighted by molar-refractivity contribution is 0.476. The molecule has 0 radical (unpaired) electrons. The van der Waals surface area contributed by atoms with Crippen LogP contribution in [0, 0.1) is 11.7 Å². The summed E-state index contributed by atoms with van der Waals surface area (Å²) >= 11 is 0. The smallest absolute Gasteiger partial charge is 0.164 e. The van der Waals surface area contributed by atoms with Crippen LogP contribution in [0.5, 0.6) is 0 Å². The van der Waals surface area contributed by atoms with Gasteiger partial charge in [-0.05, 0) is 0 Å². The van der Waals surface area contributed by atoms with Gasteiger partial charge in [0.05, 0.1) is 0 Å². The molecule has 0 aromatic rings. The van der Waals surface area contributed by atoms with E-state index in [4.69, 9.17) is 0 Å². The molecule has 0 aromatic heterocycles. The normalized spacial score (nSPS) is 10.0. The molecule has 3 nitrogen and oxygen atoms in total. The van der Waals surface area contributed by atoms with Crippen molar-refractivity contribution < 1.29 is 13.0 Å². The maximum atomic E-state index is 9.21. The van der Waals surface area contributed by atoms with Gasteiger partial charge in [-0.15, -0.1) is 6.42 Å². The molecule has 0 spiro atoms. The molecule has 0 unspecified atom stereocenters. The molecule has 0 saturated heterocycles. The van der Waals surface area contributed by atoms with E-state index in [1.807, 2.05) is 0 Å². The topological polar surface area (TPSA) is 57.2 Å². The molecule has 0 heterocycles. The SMILES string of the molecule is C#CS(=O)(=O)[O-]. The Labute approximate surface area is 35.7 Å². The molecule has 4 heteroatoms. The fourth-order valence-electron chi connectivity index (χ4n) is 0. The zero-order valence-electron chi connectivity index (χ0n) is 2.71. The summed E-state index contributed by atoms with van der Waals surface area (Å²) in [6, 6.07) is 0. The van der Waals surface area contributed by atoms with Crippen LogP contribution in [0.1, 0.15) is 0 Å². The standard InChI is InChI=1S/C2H2O3S/c1-2-6(3,4)5/h1H,(H,3,4,5)/p-1. The highest BCUT2D eigenvalue weighted by Crippen LogP contribution is 1.68. The third-order valence-corrected chi connectivity index (χ3v) is 0.433. The van der Waals surface area contributed by atoms with Crippen LogP contribution in [0.2, 0.25) is 0 Å². The van der Waals surface area contributed by atoms with Crippen molar-refractivity contribution in [2.45, 2.75) is 0 Å². The predicted octanol–water partition coefficient (Wildman–Crippen LogP) is -0.878. The Bertz CT molecular complexity index is 158. The number of hydrogen-bond acceptors (Lipinski definition) is 3. The summed E-state index contributed by atoms with van der Waals surface area (Å²) in [6.07, 6.45) is 4.16. The van der Waals surface area contributed by atoms with Crippen molar-refractivity contribution in [3.05, 3.63) is 0 Å². The molecule has 34 valence electrons. The summed E-state index contributed by atoms with van der Waals surface area (Å²) in [5.74, 6) is 0. The van der Waals surface area contributed by atoms with Crippen LogP contribution in [-0.4, -0.2) is 13.0 Å². The molecule has 0 aliphatic carbocycles. The minimum atomic E-state index is -4.38. The van der Waals surface area contributed by atoms with Crippen molar-refractivity contribution in [1.29, 1.82) is 0 Å². The molecule has 6 heavy (non-hydrogen) atoms. The van der Waals surface area contributed by atoms with Crippen molar-refractivity contribution in [2.24, 2.45) is 0 Å². The van der Waals surface area contributed by atoms with Gasteiger partial charge >= 0.3 is 0 Å². The third-order valence-electron chi connectivity index (χ3n) is 0.144. The first-order chi connectivity index (χ1) is 2.56. The molecule has 0 N–H and O–H groups in total. The first kappa shape index (κ1) is 5.47. The van der Waals surface area contributed by atoms with Crippen molar-refractivity contribution in [3.8, 4) is 11.7 Å². The van der Waals surface area contributed by atoms with Gasteiger partial charge in [0.25, 0.3) is 0 Å². The molecule has 0 bridgehead atoms. The van der Waals surface area contributed by atoms with E-state index in [9.17, 15) is 13.0 Å². The summed E-state index contributed by atoms with van der Waals surface area (Å²) in [4.78, 5) is 0. The van der Waals surface area contributed by atoms with E-state index in [-0.39, 0.29) is 0 Å². The average Bonchev–Trinajstić information content (AvgIpc) is 1.35. The molecule has 0 aromatic carbocycles. The lowest BCUT2D eigenvalue weighted by atomic mass is 11.4. The van der Waals surface area contributed by atoms with Crippen LogP contribution in [-0.2, 0) is 10.1 Å². The quantitative estimate of drug-likeness (QED) is 0.297. The highest BCUT2D eigenvalue weighted by Gasteiger charge is 1.73. The Morgan fingerprint density at radius 1 is 1.67 bits per heavy atom. The molecular formula is C2HO3S-. The van der Waals surface area contributed by atoms with Gasteiger partial charge in [0, 0.05) is 5.25 Å². The van der Waals surface area contributed by atoms with Gasteiger partial charge in [-0.1, -0.05) is 0 Å². The van der Waals surface area contributed by atoms with Gasteiger partial charge in [-0.3, -0.25) is 0 Å². The van der Waals surface area contributed by atoms with E-state index in [1.54, 1.807) is 0 Å². The lowest BCUT2D eigenvalue weighted by Gasteiger charge is -1.89. The first-order valence-corrected chi connectivity index (χ1v) is 2.40. The van der Waals surface area contributed by atoms with E-state index < -0.39 is 10.1 Å². The van der Waals surface area contributed by atoms with Gasteiger partial charge in [-0.25, -0.2) is 8.42 Å². The van der Waals surface area contributed by atoms with Gasteiger partial charge in [0.15, 0.2) is 10.1 Å². The predicted molar refractivity (Wildman–Crippen MR) is 18.5 cm³/mol. The second kappa shape index (κ2) is 1.29. The highest BCUT2D eigenvalue weighted by molar-refractivity contribution is 7.90. The van der Waals surface area contributed by atoms with Crippen LogP contribution in [0.3, 0.4) is 0 Å². The highest BCUT2D eigenvalue weighted by atomic mass is 32.2. The van der Waals surface area contributed by atoms with E-state index >= 15 is 0 Å². The average molecular weight is 105 g/mol. The largest absolute Gasteiger partial charge is 0.738 e.